The second-order valence-electron chi connectivity index (χ2n) is 7.45. The summed E-state index contributed by atoms with van der Waals surface area (Å²) in [6.45, 7) is 6.75. The Labute approximate surface area is 141 Å². The van der Waals surface area contributed by atoms with Gasteiger partial charge in [-0.25, -0.2) is 4.98 Å². The third-order valence-corrected chi connectivity index (χ3v) is 5.52. The number of rotatable bonds is 3. The first-order chi connectivity index (χ1) is 10.9. The van der Waals surface area contributed by atoms with Crippen molar-refractivity contribution in [1.82, 2.24) is 4.98 Å². The number of aromatic nitrogens is 1. The lowest BCUT2D eigenvalue weighted by atomic mass is 9.68. The molecule has 2 aromatic rings. The van der Waals surface area contributed by atoms with E-state index < -0.39 is 0 Å². The van der Waals surface area contributed by atoms with Crippen LogP contribution in [-0.4, -0.2) is 18.0 Å². The molecule has 0 saturated heterocycles. The van der Waals surface area contributed by atoms with E-state index in [4.69, 9.17) is 4.74 Å². The maximum atomic E-state index is 12.6. The van der Waals surface area contributed by atoms with E-state index in [1.54, 1.807) is 7.11 Å². The molecule has 1 aliphatic carbocycles. The summed E-state index contributed by atoms with van der Waals surface area (Å²) < 4.78 is 6.26. The van der Waals surface area contributed by atoms with E-state index in [1.165, 1.54) is 17.8 Å². The molecule has 23 heavy (non-hydrogen) atoms. The number of fused-ring (bicyclic) bond motifs is 1. The molecule has 0 radical (unpaired) electrons. The Hall–Kier alpha value is -1.62. The van der Waals surface area contributed by atoms with Crippen molar-refractivity contribution >= 4 is 32.6 Å². The van der Waals surface area contributed by atoms with Gasteiger partial charge in [-0.15, -0.1) is 0 Å². The van der Waals surface area contributed by atoms with Crippen LogP contribution in [0.1, 0.15) is 40.0 Å². The van der Waals surface area contributed by atoms with Crippen molar-refractivity contribution < 1.29 is 9.53 Å². The summed E-state index contributed by atoms with van der Waals surface area (Å²) in [5, 5.41) is 3.70. The van der Waals surface area contributed by atoms with Gasteiger partial charge in [-0.3, -0.25) is 4.79 Å². The van der Waals surface area contributed by atoms with Crippen LogP contribution >= 0.6 is 11.3 Å². The standard InChI is InChI=1S/C18H24N2O2S/c1-11-7-12(10-18(2,3)9-11)16(21)20-17-19-14-6-5-13(22-4)8-15(14)23-17/h5-6,8,11-12H,7,9-10H2,1-4H3,(H,19,20,21). The second-order valence-corrected chi connectivity index (χ2v) is 8.48. The van der Waals surface area contributed by atoms with Gasteiger partial charge in [0.1, 0.15) is 5.75 Å². The third kappa shape index (κ3) is 3.66. The molecule has 1 amide bonds. The Kier molecular flexibility index (Phi) is 4.32. The van der Waals surface area contributed by atoms with Gasteiger partial charge in [-0.2, -0.15) is 0 Å². The van der Waals surface area contributed by atoms with Crippen molar-refractivity contribution in [3.63, 3.8) is 0 Å². The van der Waals surface area contributed by atoms with Crippen LogP contribution in [0.4, 0.5) is 5.13 Å². The van der Waals surface area contributed by atoms with Crippen LogP contribution in [0.3, 0.4) is 0 Å². The van der Waals surface area contributed by atoms with Crippen LogP contribution < -0.4 is 10.1 Å². The topological polar surface area (TPSA) is 51.2 Å². The van der Waals surface area contributed by atoms with Crippen molar-refractivity contribution in [1.29, 1.82) is 0 Å². The number of nitrogens with one attached hydrogen (secondary N) is 1. The van der Waals surface area contributed by atoms with E-state index in [0.29, 0.717) is 11.0 Å². The van der Waals surface area contributed by atoms with Crippen LogP contribution in [0.2, 0.25) is 0 Å². The number of carbonyl (C=O) groups is 1. The Morgan fingerprint density at radius 3 is 2.87 bits per heavy atom. The first-order valence-electron chi connectivity index (χ1n) is 8.12. The minimum Gasteiger partial charge on any atom is -0.497 e. The molecule has 1 fully saturated rings. The number of methoxy groups -OCH3 is 1. The number of amides is 1. The van der Waals surface area contributed by atoms with Gasteiger partial charge < -0.3 is 10.1 Å². The van der Waals surface area contributed by atoms with Gasteiger partial charge in [-0.05, 0) is 48.8 Å². The largest absolute Gasteiger partial charge is 0.497 e. The van der Waals surface area contributed by atoms with Gasteiger partial charge in [0.25, 0.3) is 0 Å². The molecule has 5 heteroatoms. The predicted octanol–water partition coefficient (Wildman–Crippen LogP) is 4.71. The van der Waals surface area contributed by atoms with Gasteiger partial charge >= 0.3 is 0 Å². The average molecular weight is 332 g/mol. The van der Waals surface area contributed by atoms with E-state index in [2.05, 4.69) is 31.1 Å². The Morgan fingerprint density at radius 1 is 1.39 bits per heavy atom. The molecule has 1 heterocycles. The second kappa shape index (κ2) is 6.11. The average Bonchev–Trinajstić information content (AvgIpc) is 2.86. The summed E-state index contributed by atoms with van der Waals surface area (Å²) in [5.74, 6) is 1.59. The van der Waals surface area contributed by atoms with Gasteiger partial charge in [0.05, 0.1) is 17.3 Å². The van der Waals surface area contributed by atoms with Crippen LogP contribution in [0.15, 0.2) is 18.2 Å². The highest BCUT2D eigenvalue weighted by molar-refractivity contribution is 7.22. The Bertz CT molecular complexity index is 723. The van der Waals surface area contributed by atoms with Crippen LogP contribution in [-0.2, 0) is 4.79 Å². The maximum Gasteiger partial charge on any atom is 0.229 e. The molecular formula is C18H24N2O2S. The molecule has 1 N–H and O–H groups in total. The van der Waals surface area contributed by atoms with Gasteiger partial charge in [0.15, 0.2) is 5.13 Å². The zero-order chi connectivity index (χ0) is 16.6. The lowest BCUT2D eigenvalue weighted by Crippen LogP contribution is -2.34. The van der Waals surface area contributed by atoms with Crippen LogP contribution in [0, 0.1) is 17.3 Å². The highest BCUT2D eigenvalue weighted by Crippen LogP contribution is 2.42. The van der Waals surface area contributed by atoms with Crippen LogP contribution in [0.5, 0.6) is 5.75 Å². The number of hydrogen-bond donors (Lipinski definition) is 1. The zero-order valence-electron chi connectivity index (χ0n) is 14.2. The smallest absolute Gasteiger partial charge is 0.229 e. The lowest BCUT2D eigenvalue weighted by molar-refractivity contribution is -0.122. The molecule has 1 aromatic heterocycles. The molecule has 2 atom stereocenters. The van der Waals surface area contributed by atoms with E-state index in [0.717, 1.165) is 28.8 Å². The fraction of sp³-hybridized carbons (Fsp3) is 0.556. The molecule has 0 aliphatic heterocycles. The monoisotopic (exact) mass is 332 g/mol. The van der Waals surface area contributed by atoms with Crippen molar-refractivity contribution in [2.24, 2.45) is 17.3 Å². The molecule has 1 saturated carbocycles. The summed E-state index contributed by atoms with van der Waals surface area (Å²) in [4.78, 5) is 17.1. The Morgan fingerprint density at radius 2 is 2.17 bits per heavy atom. The summed E-state index contributed by atoms with van der Waals surface area (Å²) in [5.41, 5.74) is 1.13. The molecule has 0 spiro atoms. The molecule has 1 aromatic carbocycles. The minimum atomic E-state index is 0.0790. The number of nitrogens with zero attached hydrogens (tertiary/aromatic N) is 1. The van der Waals surface area contributed by atoms with E-state index >= 15 is 0 Å². The number of ether oxygens (including phenoxy) is 1. The first kappa shape index (κ1) is 16.2. The molecule has 124 valence electrons. The summed E-state index contributed by atoms with van der Waals surface area (Å²) >= 11 is 1.50. The fourth-order valence-electron chi connectivity index (χ4n) is 3.84. The van der Waals surface area contributed by atoms with Crippen molar-refractivity contribution in [2.45, 2.75) is 40.0 Å². The van der Waals surface area contributed by atoms with E-state index in [-0.39, 0.29) is 17.2 Å². The Balaban J connectivity index is 1.74. The number of benzene rings is 1. The highest BCUT2D eigenvalue weighted by Gasteiger charge is 2.35. The van der Waals surface area contributed by atoms with Crippen LogP contribution in [0.25, 0.3) is 10.2 Å². The maximum absolute atomic E-state index is 12.6. The van der Waals surface area contributed by atoms with Gasteiger partial charge in [0.2, 0.25) is 5.91 Å². The number of anilines is 1. The summed E-state index contributed by atoms with van der Waals surface area (Å²) in [6, 6.07) is 5.76. The first-order valence-corrected chi connectivity index (χ1v) is 8.93. The van der Waals surface area contributed by atoms with Gasteiger partial charge in [0, 0.05) is 5.92 Å². The molecule has 2 unspecified atom stereocenters. The molecule has 1 aliphatic rings. The fourth-order valence-corrected chi connectivity index (χ4v) is 4.74. The summed E-state index contributed by atoms with van der Waals surface area (Å²) in [6.07, 6.45) is 3.10. The lowest BCUT2D eigenvalue weighted by Gasteiger charge is -2.38. The molecule has 0 bridgehead atoms. The minimum absolute atomic E-state index is 0.0790. The molecule has 3 rings (SSSR count). The summed E-state index contributed by atoms with van der Waals surface area (Å²) in [7, 11) is 1.65. The number of thiazole rings is 1. The zero-order valence-corrected chi connectivity index (χ0v) is 15.0. The molecule has 4 nitrogen and oxygen atoms in total. The van der Waals surface area contributed by atoms with Crippen molar-refractivity contribution in [2.75, 3.05) is 12.4 Å². The predicted molar refractivity (Wildman–Crippen MR) is 95.1 cm³/mol. The quantitative estimate of drug-likeness (QED) is 0.886. The van der Waals surface area contributed by atoms with Crippen molar-refractivity contribution in [3.05, 3.63) is 18.2 Å². The van der Waals surface area contributed by atoms with Crippen molar-refractivity contribution in [3.8, 4) is 5.75 Å². The third-order valence-electron chi connectivity index (χ3n) is 4.58. The van der Waals surface area contributed by atoms with E-state index in [1.807, 2.05) is 18.2 Å². The number of hydrogen-bond acceptors (Lipinski definition) is 4. The molecular weight excluding hydrogens is 308 g/mol. The van der Waals surface area contributed by atoms with E-state index in [9.17, 15) is 4.79 Å². The highest BCUT2D eigenvalue weighted by atomic mass is 32.1. The SMILES string of the molecule is COc1ccc2nc(NC(=O)C3CC(C)CC(C)(C)C3)sc2c1. The number of carbonyl (C=O) groups excluding carboxylic acids is 1. The van der Waals surface area contributed by atoms with Gasteiger partial charge in [-0.1, -0.05) is 32.1 Å². The normalized spacial score (nSPS) is 23.7.